The maximum atomic E-state index is 10.7. The van der Waals surface area contributed by atoms with E-state index >= 15 is 0 Å². The molecule has 0 saturated heterocycles. The molecule has 0 N–H and O–H groups in total. The van der Waals surface area contributed by atoms with Gasteiger partial charge in [0.25, 0.3) is 0 Å². The molecule has 0 aromatic carbocycles. The van der Waals surface area contributed by atoms with Gasteiger partial charge in [0.2, 0.25) is 0 Å². The smallest absolute Gasteiger partial charge is 0.431 e. The quantitative estimate of drug-likeness (QED) is 0.577. The van der Waals surface area contributed by atoms with E-state index in [0.29, 0.717) is 0 Å². The molecular weight excluding hydrogens is 144 g/mol. The van der Waals surface area contributed by atoms with Crippen LogP contribution in [0.5, 0.6) is 0 Å². The molecule has 0 heterocycles. The van der Waals surface area contributed by atoms with Crippen LogP contribution in [-0.2, 0) is 9.47 Å². The average Bonchev–Trinajstić information content (AvgIpc) is 2.40. The molecule has 0 amide bonds. The van der Waals surface area contributed by atoms with Crippen molar-refractivity contribution in [2.24, 2.45) is 0 Å². The fourth-order valence-electron chi connectivity index (χ4n) is 1.27. The second-order valence-electron chi connectivity index (χ2n) is 2.63. The summed E-state index contributed by atoms with van der Waals surface area (Å²) in [6, 6.07) is 0. The second-order valence-corrected chi connectivity index (χ2v) is 2.63. The Kier molecular flexibility index (Phi) is 3.20. The van der Waals surface area contributed by atoms with E-state index in [9.17, 15) is 4.79 Å². The van der Waals surface area contributed by atoms with Gasteiger partial charge in [-0.15, -0.1) is 0 Å². The lowest BCUT2D eigenvalue weighted by Gasteiger charge is -2.09. The summed E-state index contributed by atoms with van der Waals surface area (Å²) in [6.45, 7) is 2.98. The molecule has 0 unspecified atom stereocenters. The summed E-state index contributed by atoms with van der Waals surface area (Å²) in [5.41, 5.74) is 0. The van der Waals surface area contributed by atoms with E-state index in [0.717, 1.165) is 25.7 Å². The standard InChI is InChI=1S/C8H13O3/c1-2-10-8(9)11-7-5-3-4-6-7/h2,7H,3-6H2,1H3. The maximum absolute atomic E-state index is 10.7. The molecule has 0 spiro atoms. The normalized spacial score (nSPS) is 18.3. The first kappa shape index (κ1) is 8.37. The van der Waals surface area contributed by atoms with Crippen molar-refractivity contribution in [1.29, 1.82) is 0 Å². The van der Waals surface area contributed by atoms with E-state index in [1.807, 2.05) is 0 Å². The lowest BCUT2D eigenvalue weighted by molar-refractivity contribution is 0.0414. The summed E-state index contributed by atoms with van der Waals surface area (Å²) < 4.78 is 9.48. The first-order valence-electron chi connectivity index (χ1n) is 3.98. The van der Waals surface area contributed by atoms with Crippen LogP contribution in [0, 0.1) is 6.61 Å². The minimum absolute atomic E-state index is 0.0995. The molecule has 11 heavy (non-hydrogen) atoms. The van der Waals surface area contributed by atoms with Gasteiger partial charge < -0.3 is 9.47 Å². The first-order chi connectivity index (χ1) is 5.33. The Morgan fingerprint density at radius 3 is 2.64 bits per heavy atom. The number of ether oxygens (including phenoxy) is 2. The highest BCUT2D eigenvalue weighted by atomic mass is 16.7. The summed E-state index contributed by atoms with van der Waals surface area (Å²) in [7, 11) is 0. The lowest BCUT2D eigenvalue weighted by atomic mass is 10.3. The lowest BCUT2D eigenvalue weighted by Crippen LogP contribution is -2.14. The zero-order valence-electron chi connectivity index (χ0n) is 6.71. The molecule has 1 aliphatic carbocycles. The van der Waals surface area contributed by atoms with Crippen molar-refractivity contribution < 1.29 is 14.3 Å². The van der Waals surface area contributed by atoms with Gasteiger partial charge in [-0.25, -0.2) is 4.79 Å². The molecule has 1 fully saturated rings. The molecule has 1 radical (unpaired) electrons. The van der Waals surface area contributed by atoms with Gasteiger partial charge in [0.1, 0.15) is 12.7 Å². The SMILES string of the molecule is C[CH]OC(=O)OC1CCCC1. The zero-order chi connectivity index (χ0) is 8.10. The number of rotatable bonds is 2. The third-order valence-corrected chi connectivity index (χ3v) is 1.78. The van der Waals surface area contributed by atoms with Gasteiger partial charge in [0, 0.05) is 0 Å². The molecule has 0 bridgehead atoms. The maximum Gasteiger partial charge on any atom is 0.508 e. The fraction of sp³-hybridized carbons (Fsp3) is 0.750. The number of hydrogen-bond acceptors (Lipinski definition) is 3. The van der Waals surface area contributed by atoms with E-state index in [1.165, 1.54) is 6.61 Å². The molecule has 0 aromatic heterocycles. The molecule has 3 nitrogen and oxygen atoms in total. The topological polar surface area (TPSA) is 35.5 Å². The van der Waals surface area contributed by atoms with E-state index in [1.54, 1.807) is 6.92 Å². The van der Waals surface area contributed by atoms with Crippen molar-refractivity contribution in [2.45, 2.75) is 38.7 Å². The number of carbonyl (C=O) groups excluding carboxylic acids is 1. The molecule has 63 valence electrons. The average molecular weight is 157 g/mol. The van der Waals surface area contributed by atoms with Crippen LogP contribution in [0.25, 0.3) is 0 Å². The van der Waals surface area contributed by atoms with E-state index in [4.69, 9.17) is 4.74 Å². The summed E-state index contributed by atoms with van der Waals surface area (Å²) in [4.78, 5) is 10.7. The van der Waals surface area contributed by atoms with E-state index < -0.39 is 6.16 Å². The predicted molar refractivity (Wildman–Crippen MR) is 39.8 cm³/mol. The second kappa shape index (κ2) is 4.21. The molecule has 3 heteroatoms. The van der Waals surface area contributed by atoms with Gasteiger partial charge in [0.15, 0.2) is 0 Å². The van der Waals surface area contributed by atoms with Gasteiger partial charge >= 0.3 is 6.16 Å². The van der Waals surface area contributed by atoms with Crippen LogP contribution in [0.15, 0.2) is 0 Å². The van der Waals surface area contributed by atoms with Crippen molar-refractivity contribution in [3.63, 3.8) is 0 Å². The monoisotopic (exact) mass is 157 g/mol. The summed E-state index contributed by atoms with van der Waals surface area (Å²) in [6.07, 6.45) is 3.82. The summed E-state index contributed by atoms with van der Waals surface area (Å²) >= 11 is 0. The van der Waals surface area contributed by atoms with Crippen LogP contribution < -0.4 is 0 Å². The van der Waals surface area contributed by atoms with Gasteiger partial charge in [-0.2, -0.15) is 0 Å². The van der Waals surface area contributed by atoms with Crippen LogP contribution in [0.3, 0.4) is 0 Å². The third kappa shape index (κ3) is 2.78. The molecule has 1 rings (SSSR count). The molecule has 0 atom stereocenters. The Bertz CT molecular complexity index is 127. The Hall–Kier alpha value is -0.730. The highest BCUT2D eigenvalue weighted by Crippen LogP contribution is 2.21. The van der Waals surface area contributed by atoms with E-state index in [-0.39, 0.29) is 6.10 Å². The molecule has 0 aliphatic heterocycles. The van der Waals surface area contributed by atoms with Crippen molar-refractivity contribution in [3.8, 4) is 0 Å². The van der Waals surface area contributed by atoms with Gasteiger partial charge in [-0.3, -0.25) is 0 Å². The number of carbonyl (C=O) groups is 1. The summed E-state index contributed by atoms with van der Waals surface area (Å²) in [5, 5.41) is 0. The van der Waals surface area contributed by atoms with Crippen LogP contribution in [-0.4, -0.2) is 12.3 Å². The molecule has 1 saturated carbocycles. The van der Waals surface area contributed by atoms with Crippen molar-refractivity contribution in [1.82, 2.24) is 0 Å². The van der Waals surface area contributed by atoms with Crippen molar-refractivity contribution in [3.05, 3.63) is 6.61 Å². The fourth-order valence-corrected chi connectivity index (χ4v) is 1.27. The van der Waals surface area contributed by atoms with Crippen molar-refractivity contribution >= 4 is 6.16 Å². The van der Waals surface area contributed by atoms with Crippen LogP contribution in [0.2, 0.25) is 0 Å². The van der Waals surface area contributed by atoms with Crippen LogP contribution >= 0.6 is 0 Å². The van der Waals surface area contributed by atoms with Gasteiger partial charge in [-0.1, -0.05) is 0 Å². The Morgan fingerprint density at radius 1 is 1.45 bits per heavy atom. The Labute approximate surface area is 66.7 Å². The predicted octanol–water partition coefficient (Wildman–Crippen LogP) is 2.26. The van der Waals surface area contributed by atoms with Crippen molar-refractivity contribution in [2.75, 3.05) is 0 Å². The van der Waals surface area contributed by atoms with Gasteiger partial charge in [-0.05, 0) is 32.6 Å². The van der Waals surface area contributed by atoms with Crippen LogP contribution in [0.1, 0.15) is 32.6 Å². The Balaban J connectivity index is 2.13. The third-order valence-electron chi connectivity index (χ3n) is 1.78. The van der Waals surface area contributed by atoms with E-state index in [2.05, 4.69) is 4.74 Å². The molecular formula is C8H13O3. The first-order valence-corrected chi connectivity index (χ1v) is 3.98. The van der Waals surface area contributed by atoms with Crippen LogP contribution in [0.4, 0.5) is 4.79 Å². The Morgan fingerprint density at radius 2 is 2.09 bits per heavy atom. The highest BCUT2D eigenvalue weighted by Gasteiger charge is 2.19. The molecule has 0 aromatic rings. The molecule has 1 aliphatic rings. The largest absolute Gasteiger partial charge is 0.508 e. The summed E-state index contributed by atoms with van der Waals surface area (Å²) in [5.74, 6) is 0. The highest BCUT2D eigenvalue weighted by molar-refractivity contribution is 5.60. The minimum atomic E-state index is -0.570. The number of hydrogen-bond donors (Lipinski definition) is 0. The zero-order valence-corrected chi connectivity index (χ0v) is 6.71. The van der Waals surface area contributed by atoms with Gasteiger partial charge in [0.05, 0.1) is 0 Å². The minimum Gasteiger partial charge on any atom is -0.431 e.